The summed E-state index contributed by atoms with van der Waals surface area (Å²) < 4.78 is 16.6. The lowest BCUT2D eigenvalue weighted by Crippen LogP contribution is -2.58. The second-order valence-corrected chi connectivity index (χ2v) is 14.8. The molecule has 0 bridgehead atoms. The molecule has 0 N–H and O–H groups in total. The maximum atomic E-state index is 12.7. The molecule has 1 rings (SSSR count). The summed E-state index contributed by atoms with van der Waals surface area (Å²) in [6.07, 6.45) is 31.9. The van der Waals surface area contributed by atoms with Gasteiger partial charge in [0.05, 0.1) is 6.04 Å². The number of hydrogen-bond acceptors (Lipinski definition) is 7. The standard InChI is InChI=1S/C41H78N2O6/c1-5-7-9-11-13-15-17-19-21-23-25-27-29-31-39(44)47-35-38(36-48-41(46)43(4)37-33-42(3)34-37)49-40(45)32-30-28-26-24-22-20-18-16-14-12-10-8-6-2/h37-38H,5-36H2,1-4H3. The zero-order valence-corrected chi connectivity index (χ0v) is 32.6. The number of likely N-dealkylation sites (N-methyl/N-ethyl adjacent to an activating group) is 2. The van der Waals surface area contributed by atoms with Gasteiger partial charge in [-0.15, -0.1) is 0 Å². The third kappa shape index (κ3) is 26.6. The molecule has 8 nitrogen and oxygen atoms in total. The van der Waals surface area contributed by atoms with Crippen molar-refractivity contribution in [3.63, 3.8) is 0 Å². The Morgan fingerprint density at radius 3 is 1.29 bits per heavy atom. The van der Waals surface area contributed by atoms with E-state index in [0.717, 1.165) is 51.6 Å². The van der Waals surface area contributed by atoms with Gasteiger partial charge in [-0.1, -0.05) is 168 Å². The van der Waals surface area contributed by atoms with Crippen LogP contribution in [0, 0.1) is 0 Å². The molecule has 0 saturated carbocycles. The predicted octanol–water partition coefficient (Wildman–Crippen LogP) is 10.8. The van der Waals surface area contributed by atoms with Crippen molar-refractivity contribution < 1.29 is 28.6 Å². The summed E-state index contributed by atoms with van der Waals surface area (Å²) >= 11 is 0. The number of hydrogen-bond donors (Lipinski definition) is 0. The lowest BCUT2D eigenvalue weighted by atomic mass is 10.0. The second-order valence-electron chi connectivity index (χ2n) is 14.8. The number of nitrogens with zero attached hydrogens (tertiary/aromatic N) is 2. The molecule has 0 aromatic heterocycles. The highest BCUT2D eigenvalue weighted by Crippen LogP contribution is 2.16. The SMILES string of the molecule is CCCCCCCCCCCCCCCC(=O)OCC(COC(=O)N(C)C1CN(C)C1)OC(=O)CCCCCCCCCCCCCCC. The van der Waals surface area contributed by atoms with Crippen molar-refractivity contribution in [2.45, 2.75) is 206 Å². The average Bonchev–Trinajstić information content (AvgIpc) is 3.08. The highest BCUT2D eigenvalue weighted by atomic mass is 16.6. The van der Waals surface area contributed by atoms with Gasteiger partial charge in [0.2, 0.25) is 0 Å². The number of unbranched alkanes of at least 4 members (excludes halogenated alkanes) is 24. The van der Waals surface area contributed by atoms with Crippen LogP contribution in [0.3, 0.4) is 0 Å². The predicted molar refractivity (Wildman–Crippen MR) is 202 cm³/mol. The first kappa shape index (κ1) is 45.2. The van der Waals surface area contributed by atoms with Gasteiger partial charge in [-0.3, -0.25) is 9.59 Å². The highest BCUT2D eigenvalue weighted by Gasteiger charge is 2.31. The van der Waals surface area contributed by atoms with Crippen LogP contribution in [0.15, 0.2) is 0 Å². The number of ether oxygens (including phenoxy) is 3. The zero-order valence-electron chi connectivity index (χ0n) is 32.6. The third-order valence-corrected chi connectivity index (χ3v) is 9.97. The molecule has 1 unspecified atom stereocenters. The molecule has 1 fully saturated rings. The topological polar surface area (TPSA) is 85.4 Å². The normalized spacial score (nSPS) is 14.0. The molecule has 8 heteroatoms. The van der Waals surface area contributed by atoms with E-state index < -0.39 is 12.2 Å². The number of esters is 2. The van der Waals surface area contributed by atoms with Crippen LogP contribution >= 0.6 is 0 Å². The molecule has 1 saturated heterocycles. The Bertz CT molecular complexity index is 803. The molecule has 0 aromatic carbocycles. The van der Waals surface area contributed by atoms with Crippen LogP contribution in [0.2, 0.25) is 0 Å². The number of amides is 1. The molecule has 1 amide bonds. The van der Waals surface area contributed by atoms with Gasteiger partial charge in [-0.2, -0.15) is 0 Å². The smallest absolute Gasteiger partial charge is 0.409 e. The van der Waals surface area contributed by atoms with E-state index in [2.05, 4.69) is 18.7 Å². The van der Waals surface area contributed by atoms with E-state index in [1.165, 1.54) is 128 Å². The van der Waals surface area contributed by atoms with Gasteiger partial charge in [0.15, 0.2) is 6.10 Å². The molecule has 0 aromatic rings. The molecule has 49 heavy (non-hydrogen) atoms. The Morgan fingerprint density at radius 2 is 0.898 bits per heavy atom. The molecule has 1 aliphatic heterocycles. The summed E-state index contributed by atoms with van der Waals surface area (Å²) in [6, 6.07) is 0.118. The van der Waals surface area contributed by atoms with E-state index in [-0.39, 0.29) is 31.2 Å². The molecule has 0 radical (unpaired) electrons. The minimum absolute atomic E-state index is 0.0925. The number of carbonyl (C=O) groups excluding carboxylic acids is 3. The van der Waals surface area contributed by atoms with E-state index in [4.69, 9.17) is 14.2 Å². The highest BCUT2D eigenvalue weighted by molar-refractivity contribution is 5.70. The first-order valence-corrected chi connectivity index (χ1v) is 20.8. The van der Waals surface area contributed by atoms with E-state index in [0.29, 0.717) is 12.8 Å². The minimum Gasteiger partial charge on any atom is -0.462 e. The molecular weight excluding hydrogens is 616 g/mol. The second kappa shape index (κ2) is 32.1. The molecule has 1 aliphatic rings. The van der Waals surface area contributed by atoms with Crippen molar-refractivity contribution in [3.05, 3.63) is 0 Å². The minimum atomic E-state index is -0.800. The van der Waals surface area contributed by atoms with Crippen molar-refractivity contribution in [2.24, 2.45) is 0 Å². The largest absolute Gasteiger partial charge is 0.462 e. The van der Waals surface area contributed by atoms with Gasteiger partial charge in [-0.25, -0.2) is 4.79 Å². The number of rotatable bonds is 34. The van der Waals surface area contributed by atoms with Crippen molar-refractivity contribution in [1.82, 2.24) is 9.80 Å². The van der Waals surface area contributed by atoms with Gasteiger partial charge >= 0.3 is 18.0 Å². The van der Waals surface area contributed by atoms with Crippen molar-refractivity contribution >= 4 is 18.0 Å². The van der Waals surface area contributed by atoms with Crippen LogP contribution in [0.1, 0.15) is 194 Å². The average molecular weight is 695 g/mol. The first-order chi connectivity index (χ1) is 23.9. The Morgan fingerprint density at radius 1 is 0.551 bits per heavy atom. The van der Waals surface area contributed by atoms with Crippen molar-refractivity contribution in [3.8, 4) is 0 Å². The maximum absolute atomic E-state index is 12.7. The zero-order chi connectivity index (χ0) is 35.8. The Labute approximate surface area is 302 Å². The van der Waals surface area contributed by atoms with Crippen LogP contribution in [0.4, 0.5) is 4.79 Å². The first-order valence-electron chi connectivity index (χ1n) is 20.8. The van der Waals surface area contributed by atoms with E-state index in [9.17, 15) is 14.4 Å². The fourth-order valence-electron chi connectivity index (χ4n) is 6.52. The Balaban J connectivity index is 2.24. The van der Waals surface area contributed by atoms with Gasteiger partial charge in [0.25, 0.3) is 0 Å². The summed E-state index contributed by atoms with van der Waals surface area (Å²) in [5.74, 6) is -0.618. The molecule has 1 heterocycles. The lowest BCUT2D eigenvalue weighted by Gasteiger charge is -2.41. The number of likely N-dealkylation sites (tertiary alicyclic amines) is 1. The summed E-state index contributed by atoms with van der Waals surface area (Å²) in [4.78, 5) is 41.5. The molecule has 1 atom stereocenters. The van der Waals surface area contributed by atoms with Crippen LogP contribution < -0.4 is 0 Å². The fraction of sp³-hybridized carbons (Fsp3) is 0.927. The Kier molecular flexibility index (Phi) is 29.6. The third-order valence-electron chi connectivity index (χ3n) is 9.97. The van der Waals surface area contributed by atoms with Crippen LogP contribution in [-0.2, 0) is 23.8 Å². The summed E-state index contributed by atoms with van der Waals surface area (Å²) in [7, 11) is 3.74. The quantitative estimate of drug-likeness (QED) is 0.0376. The number of carbonyl (C=O) groups is 3. The van der Waals surface area contributed by atoms with Crippen LogP contribution in [0.5, 0.6) is 0 Å². The summed E-state index contributed by atoms with van der Waals surface area (Å²) in [5.41, 5.74) is 0. The van der Waals surface area contributed by atoms with Crippen LogP contribution in [0.25, 0.3) is 0 Å². The maximum Gasteiger partial charge on any atom is 0.409 e. The van der Waals surface area contributed by atoms with E-state index in [1.807, 2.05) is 7.05 Å². The van der Waals surface area contributed by atoms with E-state index in [1.54, 1.807) is 11.9 Å². The van der Waals surface area contributed by atoms with Crippen molar-refractivity contribution in [1.29, 1.82) is 0 Å². The summed E-state index contributed by atoms with van der Waals surface area (Å²) in [6.45, 7) is 5.92. The van der Waals surface area contributed by atoms with Crippen molar-refractivity contribution in [2.75, 3.05) is 40.4 Å². The molecule has 0 spiro atoms. The van der Waals surface area contributed by atoms with Gasteiger partial charge < -0.3 is 24.0 Å². The fourth-order valence-corrected chi connectivity index (χ4v) is 6.52. The lowest BCUT2D eigenvalue weighted by molar-refractivity contribution is -0.161. The monoisotopic (exact) mass is 695 g/mol. The van der Waals surface area contributed by atoms with Gasteiger partial charge in [0.1, 0.15) is 13.2 Å². The van der Waals surface area contributed by atoms with Crippen LogP contribution in [-0.4, -0.2) is 80.4 Å². The molecular formula is C41H78N2O6. The van der Waals surface area contributed by atoms with E-state index >= 15 is 0 Å². The summed E-state index contributed by atoms with van der Waals surface area (Å²) in [5, 5.41) is 0. The molecule has 0 aliphatic carbocycles. The van der Waals surface area contributed by atoms with Gasteiger partial charge in [-0.05, 0) is 19.9 Å². The molecule has 288 valence electrons. The van der Waals surface area contributed by atoms with Gasteiger partial charge in [0, 0.05) is 33.0 Å². The Hall–Kier alpha value is -1.83.